The minimum Gasteiger partial charge on any atom is -0.367 e. The van der Waals surface area contributed by atoms with Crippen LogP contribution in [0.1, 0.15) is 37.6 Å². The lowest BCUT2D eigenvalue weighted by atomic mass is 9.94. The van der Waals surface area contributed by atoms with Gasteiger partial charge in [0.2, 0.25) is 0 Å². The molecule has 150 valence electrons. The van der Waals surface area contributed by atoms with Crippen molar-refractivity contribution in [3.63, 3.8) is 0 Å². The molecule has 2 unspecified atom stereocenters. The van der Waals surface area contributed by atoms with Gasteiger partial charge in [0.1, 0.15) is 5.82 Å². The van der Waals surface area contributed by atoms with E-state index in [-0.39, 0.29) is 5.78 Å². The lowest BCUT2D eigenvalue weighted by Gasteiger charge is -2.40. The minimum absolute atomic E-state index is 0.179. The van der Waals surface area contributed by atoms with Crippen LogP contribution in [0, 0.1) is 17.7 Å². The highest BCUT2D eigenvalue weighted by Gasteiger charge is 2.36. The van der Waals surface area contributed by atoms with Crippen LogP contribution < -0.4 is 4.90 Å². The molecule has 0 amide bonds. The molecule has 3 rings (SSSR count). The van der Waals surface area contributed by atoms with E-state index in [9.17, 15) is 17.6 Å². The zero-order chi connectivity index (χ0) is 19.8. The SMILES string of the molecule is CC(=O)c1ccc(N2CCN(S(=O)(=O)N3CC(C)CC(C)C3)CC2)c(F)c1. The van der Waals surface area contributed by atoms with Gasteiger partial charge in [0.15, 0.2) is 5.78 Å². The Bertz CT molecular complexity index is 796. The number of hydrogen-bond donors (Lipinski definition) is 0. The van der Waals surface area contributed by atoms with E-state index in [0.29, 0.717) is 62.4 Å². The van der Waals surface area contributed by atoms with Gasteiger partial charge in [-0.2, -0.15) is 17.0 Å². The molecule has 6 nitrogen and oxygen atoms in total. The number of carbonyl (C=O) groups excluding carboxylic acids is 1. The van der Waals surface area contributed by atoms with Crippen molar-refractivity contribution < 1.29 is 17.6 Å². The Hall–Kier alpha value is -1.51. The van der Waals surface area contributed by atoms with E-state index in [4.69, 9.17) is 0 Å². The Morgan fingerprint density at radius 3 is 2.15 bits per heavy atom. The molecular weight excluding hydrogens is 369 g/mol. The summed E-state index contributed by atoms with van der Waals surface area (Å²) in [6, 6.07) is 4.46. The molecule has 8 heteroatoms. The molecule has 2 heterocycles. The number of piperazine rings is 1. The van der Waals surface area contributed by atoms with Crippen molar-refractivity contribution in [2.45, 2.75) is 27.2 Å². The molecule has 2 aliphatic heterocycles. The predicted octanol–water partition coefficient (Wildman–Crippen LogP) is 2.37. The maximum Gasteiger partial charge on any atom is 0.282 e. The van der Waals surface area contributed by atoms with Gasteiger partial charge < -0.3 is 4.90 Å². The quantitative estimate of drug-likeness (QED) is 0.732. The number of piperidine rings is 1. The Labute approximate surface area is 161 Å². The Balaban J connectivity index is 1.67. The van der Waals surface area contributed by atoms with Crippen LogP contribution in [0.2, 0.25) is 0 Å². The van der Waals surface area contributed by atoms with Crippen molar-refractivity contribution >= 4 is 21.7 Å². The number of anilines is 1. The van der Waals surface area contributed by atoms with E-state index < -0.39 is 16.0 Å². The van der Waals surface area contributed by atoms with Crippen LogP contribution in [0.25, 0.3) is 0 Å². The van der Waals surface area contributed by atoms with Crippen molar-refractivity contribution in [2.75, 3.05) is 44.2 Å². The Kier molecular flexibility index (Phi) is 5.88. The highest BCUT2D eigenvalue weighted by Crippen LogP contribution is 2.27. The van der Waals surface area contributed by atoms with Gasteiger partial charge in [0, 0.05) is 44.8 Å². The van der Waals surface area contributed by atoms with Crippen LogP contribution in [0.4, 0.5) is 10.1 Å². The standard InChI is InChI=1S/C19H28FN3O3S/c1-14-10-15(2)13-23(12-14)27(25,26)22-8-6-21(7-9-22)19-5-4-17(16(3)24)11-18(19)20/h4-5,11,14-15H,6-10,12-13H2,1-3H3. The van der Waals surface area contributed by atoms with Crippen LogP contribution in [-0.2, 0) is 10.2 Å². The first-order valence-corrected chi connectivity index (χ1v) is 10.9. The summed E-state index contributed by atoms with van der Waals surface area (Å²) < 4.78 is 43.4. The molecule has 0 aliphatic carbocycles. The minimum atomic E-state index is -3.48. The Morgan fingerprint density at radius 1 is 1.04 bits per heavy atom. The third-order valence-electron chi connectivity index (χ3n) is 5.42. The third kappa shape index (κ3) is 4.33. The second kappa shape index (κ2) is 7.85. The number of ketones is 1. The molecule has 0 radical (unpaired) electrons. The van der Waals surface area contributed by atoms with Crippen LogP contribution in [-0.4, -0.2) is 62.1 Å². The van der Waals surface area contributed by atoms with Crippen molar-refractivity contribution in [3.05, 3.63) is 29.6 Å². The average Bonchev–Trinajstić information content (AvgIpc) is 2.61. The normalized spacial score (nSPS) is 25.6. The molecule has 0 bridgehead atoms. The van der Waals surface area contributed by atoms with Gasteiger partial charge in [-0.25, -0.2) is 4.39 Å². The van der Waals surface area contributed by atoms with Crippen molar-refractivity contribution in [1.82, 2.24) is 8.61 Å². The fourth-order valence-electron chi connectivity index (χ4n) is 4.10. The van der Waals surface area contributed by atoms with Gasteiger partial charge in [0.25, 0.3) is 10.2 Å². The zero-order valence-electron chi connectivity index (χ0n) is 16.2. The topological polar surface area (TPSA) is 60.9 Å². The number of hydrogen-bond acceptors (Lipinski definition) is 4. The molecule has 0 N–H and O–H groups in total. The van der Waals surface area contributed by atoms with Gasteiger partial charge >= 0.3 is 0 Å². The van der Waals surface area contributed by atoms with E-state index in [2.05, 4.69) is 13.8 Å². The monoisotopic (exact) mass is 397 g/mol. The van der Waals surface area contributed by atoms with Crippen LogP contribution in [0.15, 0.2) is 18.2 Å². The van der Waals surface area contributed by atoms with Crippen LogP contribution >= 0.6 is 0 Å². The lowest BCUT2D eigenvalue weighted by Crippen LogP contribution is -2.55. The van der Waals surface area contributed by atoms with Crippen molar-refractivity contribution in [3.8, 4) is 0 Å². The molecule has 0 spiro atoms. The highest BCUT2D eigenvalue weighted by molar-refractivity contribution is 7.86. The number of rotatable bonds is 4. The van der Waals surface area contributed by atoms with Gasteiger partial charge in [0.05, 0.1) is 5.69 Å². The van der Waals surface area contributed by atoms with Crippen LogP contribution in [0.5, 0.6) is 0 Å². The summed E-state index contributed by atoms with van der Waals surface area (Å²) in [6.07, 6.45) is 1.05. The molecule has 2 aliphatic rings. The van der Waals surface area contributed by atoms with E-state index in [0.717, 1.165) is 6.42 Å². The predicted molar refractivity (Wildman–Crippen MR) is 104 cm³/mol. The molecule has 2 atom stereocenters. The van der Waals surface area contributed by atoms with E-state index in [1.54, 1.807) is 16.4 Å². The molecule has 2 saturated heterocycles. The van der Waals surface area contributed by atoms with E-state index >= 15 is 0 Å². The summed E-state index contributed by atoms with van der Waals surface area (Å²) >= 11 is 0. The summed E-state index contributed by atoms with van der Waals surface area (Å²) in [5.41, 5.74) is 0.753. The van der Waals surface area contributed by atoms with E-state index in [1.165, 1.54) is 17.3 Å². The molecule has 0 aromatic heterocycles. The number of benzene rings is 1. The van der Waals surface area contributed by atoms with Crippen molar-refractivity contribution in [2.24, 2.45) is 11.8 Å². The number of halogens is 1. The molecule has 0 saturated carbocycles. The molecule has 27 heavy (non-hydrogen) atoms. The fourth-order valence-corrected chi connectivity index (χ4v) is 5.94. The van der Waals surface area contributed by atoms with Gasteiger partial charge in [-0.05, 0) is 43.4 Å². The molecule has 1 aromatic rings. The summed E-state index contributed by atoms with van der Waals surface area (Å²) in [5.74, 6) is 0.0939. The molecule has 2 fully saturated rings. The molecular formula is C19H28FN3O3S. The maximum atomic E-state index is 14.4. The summed E-state index contributed by atoms with van der Waals surface area (Å²) in [4.78, 5) is 13.2. The van der Waals surface area contributed by atoms with Crippen LogP contribution in [0.3, 0.4) is 0 Å². The average molecular weight is 398 g/mol. The first-order valence-electron chi connectivity index (χ1n) is 9.49. The fraction of sp³-hybridized carbons (Fsp3) is 0.632. The summed E-state index contributed by atoms with van der Waals surface area (Å²) in [5, 5.41) is 0. The van der Waals surface area contributed by atoms with Crippen molar-refractivity contribution in [1.29, 1.82) is 0 Å². The van der Waals surface area contributed by atoms with Gasteiger partial charge in [-0.1, -0.05) is 13.8 Å². The van der Waals surface area contributed by atoms with Gasteiger partial charge in [-0.3, -0.25) is 4.79 Å². The second-order valence-electron chi connectivity index (χ2n) is 7.88. The first kappa shape index (κ1) is 20.2. The third-order valence-corrected chi connectivity index (χ3v) is 7.39. The number of Topliss-reactive ketones (excluding diaryl/α,β-unsaturated/α-hetero) is 1. The number of carbonyl (C=O) groups is 1. The largest absolute Gasteiger partial charge is 0.367 e. The second-order valence-corrected chi connectivity index (χ2v) is 9.81. The molecule has 1 aromatic carbocycles. The van der Waals surface area contributed by atoms with Gasteiger partial charge in [-0.15, -0.1) is 0 Å². The lowest BCUT2D eigenvalue weighted by molar-refractivity contribution is 0.101. The summed E-state index contributed by atoms with van der Waals surface area (Å²) in [7, 11) is -3.48. The number of nitrogens with zero attached hydrogens (tertiary/aromatic N) is 3. The summed E-state index contributed by atoms with van der Waals surface area (Å²) in [6.45, 7) is 8.21. The maximum absolute atomic E-state index is 14.4. The Morgan fingerprint density at radius 2 is 1.63 bits per heavy atom. The smallest absolute Gasteiger partial charge is 0.282 e. The highest BCUT2D eigenvalue weighted by atomic mass is 32.2. The van der Waals surface area contributed by atoms with E-state index in [1.807, 2.05) is 4.90 Å². The first-order chi connectivity index (χ1) is 12.7. The zero-order valence-corrected chi connectivity index (χ0v) is 17.0.